The summed E-state index contributed by atoms with van der Waals surface area (Å²) in [6.07, 6.45) is 1.58. The Kier molecular flexibility index (Phi) is 3.78. The van der Waals surface area contributed by atoms with E-state index in [-0.39, 0.29) is 11.5 Å². The summed E-state index contributed by atoms with van der Waals surface area (Å²) >= 11 is 1.71. The Bertz CT molecular complexity index is 927. The molecular weight excluding hydrogens is 324 g/mol. The van der Waals surface area contributed by atoms with Gasteiger partial charge in [0.1, 0.15) is 11.2 Å². The third-order valence-electron chi connectivity index (χ3n) is 4.22. The Balaban J connectivity index is 1.52. The Labute approximate surface area is 142 Å². The monoisotopic (exact) mass is 340 g/mol. The molecule has 3 aromatic rings. The molecule has 0 aromatic carbocycles. The Morgan fingerprint density at radius 2 is 1.96 bits per heavy atom. The molecule has 1 aliphatic rings. The van der Waals surface area contributed by atoms with Gasteiger partial charge >= 0.3 is 0 Å². The van der Waals surface area contributed by atoms with E-state index in [2.05, 4.69) is 26.3 Å². The van der Waals surface area contributed by atoms with Gasteiger partial charge in [-0.25, -0.2) is 4.98 Å². The van der Waals surface area contributed by atoms with Crippen LogP contribution in [0.1, 0.15) is 10.5 Å². The van der Waals surface area contributed by atoms with Gasteiger partial charge in [-0.1, -0.05) is 6.07 Å². The van der Waals surface area contributed by atoms with E-state index in [1.165, 1.54) is 5.00 Å². The predicted molar refractivity (Wildman–Crippen MR) is 94.8 cm³/mol. The highest BCUT2D eigenvalue weighted by Gasteiger charge is 2.23. The van der Waals surface area contributed by atoms with Crippen molar-refractivity contribution in [1.82, 2.24) is 14.9 Å². The SMILES string of the molecule is O=C(c1ccc2cc[nH]c(=O)c2n1)N1CCN(c2cccs2)CC1. The molecule has 0 bridgehead atoms. The van der Waals surface area contributed by atoms with Crippen LogP contribution in [0.15, 0.2) is 46.7 Å². The largest absolute Gasteiger partial charge is 0.360 e. The first-order valence-electron chi connectivity index (χ1n) is 7.78. The number of amides is 1. The predicted octanol–water partition coefficient (Wildman–Crippen LogP) is 1.95. The van der Waals surface area contributed by atoms with Gasteiger partial charge in [-0.15, -0.1) is 11.3 Å². The summed E-state index contributed by atoms with van der Waals surface area (Å²) in [4.78, 5) is 35.5. The van der Waals surface area contributed by atoms with Crippen LogP contribution in [-0.4, -0.2) is 47.0 Å². The molecule has 3 aromatic heterocycles. The van der Waals surface area contributed by atoms with E-state index in [9.17, 15) is 9.59 Å². The number of thiophene rings is 1. The highest BCUT2D eigenvalue weighted by atomic mass is 32.1. The number of piperazine rings is 1. The molecule has 0 atom stereocenters. The van der Waals surface area contributed by atoms with Crippen molar-refractivity contribution in [1.29, 1.82) is 0 Å². The minimum Gasteiger partial charge on any atom is -0.360 e. The summed E-state index contributed by atoms with van der Waals surface area (Å²) in [5.41, 5.74) is 0.356. The maximum absolute atomic E-state index is 12.7. The highest BCUT2D eigenvalue weighted by molar-refractivity contribution is 7.14. The Morgan fingerprint density at radius 3 is 2.71 bits per heavy atom. The van der Waals surface area contributed by atoms with Gasteiger partial charge in [0.25, 0.3) is 11.5 Å². The second kappa shape index (κ2) is 6.09. The van der Waals surface area contributed by atoms with Crippen LogP contribution in [0.25, 0.3) is 10.9 Å². The van der Waals surface area contributed by atoms with Crippen LogP contribution in [0.3, 0.4) is 0 Å². The lowest BCUT2D eigenvalue weighted by atomic mass is 10.2. The molecule has 1 N–H and O–H groups in total. The van der Waals surface area contributed by atoms with Crippen LogP contribution in [0.5, 0.6) is 0 Å². The lowest BCUT2D eigenvalue weighted by Gasteiger charge is -2.35. The van der Waals surface area contributed by atoms with Gasteiger partial charge in [-0.05, 0) is 29.6 Å². The van der Waals surface area contributed by atoms with Crippen molar-refractivity contribution < 1.29 is 4.79 Å². The molecule has 6 nitrogen and oxygen atoms in total. The Morgan fingerprint density at radius 1 is 1.12 bits per heavy atom. The molecular formula is C17H16N4O2S. The molecule has 1 amide bonds. The molecule has 1 saturated heterocycles. The molecule has 1 fully saturated rings. The molecule has 0 radical (unpaired) electrons. The van der Waals surface area contributed by atoms with Crippen LogP contribution in [0.4, 0.5) is 5.00 Å². The summed E-state index contributed by atoms with van der Waals surface area (Å²) in [6, 6.07) is 9.37. The fraction of sp³-hybridized carbons (Fsp3) is 0.235. The zero-order valence-electron chi connectivity index (χ0n) is 12.9. The van der Waals surface area contributed by atoms with E-state index < -0.39 is 0 Å². The lowest BCUT2D eigenvalue weighted by molar-refractivity contribution is 0.0741. The number of carbonyl (C=O) groups is 1. The van der Waals surface area contributed by atoms with Gasteiger partial charge in [0, 0.05) is 37.8 Å². The van der Waals surface area contributed by atoms with E-state index in [0.29, 0.717) is 24.3 Å². The lowest BCUT2D eigenvalue weighted by Crippen LogP contribution is -2.48. The number of aromatic amines is 1. The maximum Gasteiger partial charge on any atom is 0.274 e. The Hall–Kier alpha value is -2.67. The van der Waals surface area contributed by atoms with Crippen molar-refractivity contribution >= 4 is 33.1 Å². The zero-order chi connectivity index (χ0) is 16.5. The fourth-order valence-electron chi connectivity index (χ4n) is 2.92. The van der Waals surface area contributed by atoms with Crippen LogP contribution in [0, 0.1) is 0 Å². The van der Waals surface area contributed by atoms with E-state index in [1.807, 2.05) is 6.07 Å². The van der Waals surface area contributed by atoms with E-state index >= 15 is 0 Å². The molecule has 0 saturated carbocycles. The third kappa shape index (κ3) is 2.67. The van der Waals surface area contributed by atoms with Crippen molar-refractivity contribution in [3.8, 4) is 0 Å². The van der Waals surface area contributed by atoms with Gasteiger partial charge in [-0.3, -0.25) is 9.59 Å². The molecule has 0 unspecified atom stereocenters. The first-order valence-corrected chi connectivity index (χ1v) is 8.66. The van der Waals surface area contributed by atoms with Crippen molar-refractivity contribution in [2.24, 2.45) is 0 Å². The molecule has 122 valence electrons. The summed E-state index contributed by atoms with van der Waals surface area (Å²) in [6.45, 7) is 2.92. The molecule has 24 heavy (non-hydrogen) atoms. The molecule has 0 aliphatic carbocycles. The van der Waals surface area contributed by atoms with Crippen molar-refractivity contribution in [3.05, 3.63) is 58.0 Å². The molecule has 7 heteroatoms. The number of aromatic nitrogens is 2. The van der Waals surface area contributed by atoms with Crippen LogP contribution < -0.4 is 10.5 Å². The number of nitrogens with zero attached hydrogens (tertiary/aromatic N) is 3. The zero-order valence-corrected chi connectivity index (χ0v) is 13.8. The van der Waals surface area contributed by atoms with Gasteiger partial charge in [0.2, 0.25) is 0 Å². The van der Waals surface area contributed by atoms with Crippen LogP contribution in [0.2, 0.25) is 0 Å². The van der Waals surface area contributed by atoms with Gasteiger partial charge in [-0.2, -0.15) is 0 Å². The average molecular weight is 340 g/mol. The molecule has 1 aliphatic heterocycles. The number of hydrogen-bond donors (Lipinski definition) is 1. The van der Waals surface area contributed by atoms with Crippen LogP contribution >= 0.6 is 11.3 Å². The number of hydrogen-bond acceptors (Lipinski definition) is 5. The van der Waals surface area contributed by atoms with E-state index in [0.717, 1.165) is 18.5 Å². The molecule has 4 rings (SSSR count). The van der Waals surface area contributed by atoms with E-state index in [1.54, 1.807) is 40.6 Å². The number of anilines is 1. The first kappa shape index (κ1) is 14.9. The van der Waals surface area contributed by atoms with Crippen molar-refractivity contribution in [2.75, 3.05) is 31.1 Å². The quantitative estimate of drug-likeness (QED) is 0.774. The summed E-state index contributed by atoms with van der Waals surface area (Å²) in [5, 5.41) is 4.03. The summed E-state index contributed by atoms with van der Waals surface area (Å²) in [5.74, 6) is -0.119. The van der Waals surface area contributed by atoms with Gasteiger partial charge in [0.15, 0.2) is 0 Å². The number of carbonyl (C=O) groups excluding carboxylic acids is 1. The maximum atomic E-state index is 12.7. The standard InChI is InChI=1S/C17H16N4O2S/c22-16-15-12(5-6-18-16)3-4-13(19-15)17(23)21-9-7-20(8-10-21)14-2-1-11-24-14/h1-6,11H,7-10H2,(H,18,22). The molecule has 4 heterocycles. The number of rotatable bonds is 2. The molecule has 0 spiro atoms. The summed E-state index contributed by atoms with van der Waals surface area (Å²) in [7, 11) is 0. The van der Waals surface area contributed by atoms with Crippen LogP contribution in [-0.2, 0) is 0 Å². The number of fused-ring (bicyclic) bond motifs is 1. The number of pyridine rings is 2. The van der Waals surface area contributed by atoms with E-state index in [4.69, 9.17) is 0 Å². The average Bonchev–Trinajstić information content (AvgIpc) is 3.16. The first-order chi connectivity index (χ1) is 11.7. The van der Waals surface area contributed by atoms with Crippen molar-refractivity contribution in [3.63, 3.8) is 0 Å². The van der Waals surface area contributed by atoms with Crippen molar-refractivity contribution in [2.45, 2.75) is 0 Å². The number of H-pyrrole nitrogens is 1. The normalized spacial score (nSPS) is 15.0. The minimum absolute atomic E-state index is 0.119. The number of nitrogens with one attached hydrogen (secondary N) is 1. The van der Waals surface area contributed by atoms with Gasteiger partial charge in [0.05, 0.1) is 5.00 Å². The van der Waals surface area contributed by atoms with Gasteiger partial charge < -0.3 is 14.8 Å². The second-order valence-electron chi connectivity index (χ2n) is 5.67. The smallest absolute Gasteiger partial charge is 0.274 e. The fourth-order valence-corrected chi connectivity index (χ4v) is 3.71. The summed E-state index contributed by atoms with van der Waals surface area (Å²) < 4.78 is 0. The second-order valence-corrected chi connectivity index (χ2v) is 6.60. The third-order valence-corrected chi connectivity index (χ3v) is 5.15. The minimum atomic E-state index is -0.273. The topological polar surface area (TPSA) is 69.3 Å². The highest BCUT2D eigenvalue weighted by Crippen LogP contribution is 2.22.